The molecule has 0 spiro atoms. The number of nitrogens with zero attached hydrogens (tertiary/aromatic N) is 5. The van der Waals surface area contributed by atoms with Crippen molar-refractivity contribution in [3.8, 4) is 18.1 Å². The van der Waals surface area contributed by atoms with E-state index in [1.165, 1.54) is 14.2 Å². The lowest BCUT2D eigenvalue weighted by molar-refractivity contribution is 0.242. The zero-order valence-electron chi connectivity index (χ0n) is 11.7. The number of methoxy groups -OCH3 is 2. The number of nitriles is 1. The predicted octanol–water partition coefficient (Wildman–Crippen LogP) is 0.289. The quantitative estimate of drug-likeness (QED) is 0.768. The number of hydrogen-bond acceptors (Lipinski definition) is 8. The van der Waals surface area contributed by atoms with Crippen LogP contribution in [-0.4, -0.2) is 59.7 Å². The van der Waals surface area contributed by atoms with E-state index < -0.39 is 0 Å². The van der Waals surface area contributed by atoms with E-state index in [4.69, 9.17) is 14.7 Å². The van der Waals surface area contributed by atoms with Crippen LogP contribution < -0.4 is 14.8 Å². The summed E-state index contributed by atoms with van der Waals surface area (Å²) < 4.78 is 10.0. The maximum absolute atomic E-state index is 8.67. The van der Waals surface area contributed by atoms with Crippen LogP contribution in [0, 0.1) is 11.3 Å². The minimum atomic E-state index is 0.223. The van der Waals surface area contributed by atoms with E-state index in [0.717, 1.165) is 25.9 Å². The highest BCUT2D eigenvalue weighted by molar-refractivity contribution is 5.29. The van der Waals surface area contributed by atoms with Crippen molar-refractivity contribution in [1.82, 2.24) is 19.9 Å². The fourth-order valence-electron chi connectivity index (χ4n) is 2.10. The molecule has 8 nitrogen and oxygen atoms in total. The monoisotopic (exact) mass is 278 g/mol. The van der Waals surface area contributed by atoms with E-state index in [9.17, 15) is 0 Å². The summed E-state index contributed by atoms with van der Waals surface area (Å²) in [5.41, 5.74) is 0. The van der Waals surface area contributed by atoms with Crippen LogP contribution in [0.1, 0.15) is 12.8 Å². The third kappa shape index (κ3) is 3.68. The van der Waals surface area contributed by atoms with Crippen LogP contribution in [0.25, 0.3) is 0 Å². The molecule has 20 heavy (non-hydrogen) atoms. The van der Waals surface area contributed by atoms with Gasteiger partial charge in [0.25, 0.3) is 0 Å². The molecule has 0 amide bonds. The van der Waals surface area contributed by atoms with Crippen molar-refractivity contribution in [2.24, 2.45) is 0 Å². The summed E-state index contributed by atoms with van der Waals surface area (Å²) in [5.74, 6) is 0.451. The number of anilines is 1. The van der Waals surface area contributed by atoms with Gasteiger partial charge >= 0.3 is 12.0 Å². The van der Waals surface area contributed by atoms with Crippen molar-refractivity contribution in [2.75, 3.05) is 39.2 Å². The summed E-state index contributed by atoms with van der Waals surface area (Å²) in [6.45, 7) is 2.27. The van der Waals surface area contributed by atoms with Gasteiger partial charge in [-0.1, -0.05) is 0 Å². The Kier molecular flexibility index (Phi) is 4.90. The van der Waals surface area contributed by atoms with Crippen molar-refractivity contribution in [1.29, 1.82) is 5.26 Å². The second kappa shape index (κ2) is 6.86. The maximum Gasteiger partial charge on any atom is 0.324 e. The largest absolute Gasteiger partial charge is 0.467 e. The van der Waals surface area contributed by atoms with Crippen LogP contribution in [0.4, 0.5) is 5.95 Å². The number of piperidine rings is 1. The van der Waals surface area contributed by atoms with Gasteiger partial charge < -0.3 is 14.8 Å². The van der Waals surface area contributed by atoms with Gasteiger partial charge in [-0.3, -0.25) is 4.90 Å². The number of aromatic nitrogens is 3. The van der Waals surface area contributed by atoms with Crippen molar-refractivity contribution in [2.45, 2.75) is 18.9 Å². The minimum Gasteiger partial charge on any atom is -0.467 e. The van der Waals surface area contributed by atoms with Gasteiger partial charge in [-0.25, -0.2) is 0 Å². The number of hydrogen-bond donors (Lipinski definition) is 1. The number of rotatable bonds is 5. The Morgan fingerprint density at radius 1 is 1.20 bits per heavy atom. The molecule has 108 valence electrons. The molecule has 1 aliphatic rings. The van der Waals surface area contributed by atoms with Gasteiger partial charge in [0, 0.05) is 19.1 Å². The van der Waals surface area contributed by atoms with Crippen molar-refractivity contribution >= 4 is 5.95 Å². The molecule has 1 N–H and O–H groups in total. The summed E-state index contributed by atoms with van der Waals surface area (Å²) in [5, 5.41) is 11.9. The van der Waals surface area contributed by atoms with Gasteiger partial charge in [0.1, 0.15) is 0 Å². The van der Waals surface area contributed by atoms with Crippen LogP contribution in [-0.2, 0) is 0 Å². The summed E-state index contributed by atoms with van der Waals surface area (Å²) in [4.78, 5) is 14.4. The van der Waals surface area contributed by atoms with E-state index in [1.54, 1.807) is 0 Å². The van der Waals surface area contributed by atoms with Crippen LogP contribution in [0.3, 0.4) is 0 Å². The SMILES string of the molecule is COc1nc(NC2CCN(CC#N)CC2)nc(OC)n1. The third-order valence-corrected chi connectivity index (χ3v) is 3.17. The molecule has 2 heterocycles. The summed E-state index contributed by atoms with van der Waals surface area (Å²) in [6.07, 6.45) is 1.88. The minimum absolute atomic E-state index is 0.223. The first-order valence-corrected chi connectivity index (χ1v) is 6.45. The molecule has 1 fully saturated rings. The molecule has 1 aromatic rings. The molecular formula is C12H18N6O2. The smallest absolute Gasteiger partial charge is 0.324 e. The lowest BCUT2D eigenvalue weighted by atomic mass is 10.1. The van der Waals surface area contributed by atoms with Gasteiger partial charge in [0.15, 0.2) is 0 Å². The molecule has 2 rings (SSSR count). The Hall–Kier alpha value is -2.14. The third-order valence-electron chi connectivity index (χ3n) is 3.17. The average molecular weight is 278 g/mol. The first-order chi connectivity index (χ1) is 9.75. The average Bonchev–Trinajstić information content (AvgIpc) is 2.49. The zero-order valence-corrected chi connectivity index (χ0v) is 11.7. The molecule has 0 saturated carbocycles. The lowest BCUT2D eigenvalue weighted by Crippen LogP contribution is -2.39. The van der Waals surface area contributed by atoms with Crippen LogP contribution in [0.2, 0.25) is 0 Å². The predicted molar refractivity (Wildman–Crippen MR) is 71.6 cm³/mol. The van der Waals surface area contributed by atoms with Crippen molar-refractivity contribution in [3.05, 3.63) is 0 Å². The summed E-state index contributed by atoms with van der Waals surface area (Å²) >= 11 is 0. The summed E-state index contributed by atoms with van der Waals surface area (Å²) in [6, 6.07) is 2.90. The molecule has 0 aliphatic carbocycles. The van der Waals surface area contributed by atoms with Crippen LogP contribution >= 0.6 is 0 Å². The Bertz CT molecular complexity index is 459. The van der Waals surface area contributed by atoms with E-state index in [-0.39, 0.29) is 18.1 Å². The molecule has 8 heteroatoms. The lowest BCUT2D eigenvalue weighted by Gasteiger charge is -2.30. The highest BCUT2D eigenvalue weighted by Gasteiger charge is 2.20. The van der Waals surface area contributed by atoms with Crippen LogP contribution in [0.15, 0.2) is 0 Å². The van der Waals surface area contributed by atoms with E-state index in [2.05, 4.69) is 31.2 Å². The highest BCUT2D eigenvalue weighted by atomic mass is 16.5. The molecular weight excluding hydrogens is 260 g/mol. The van der Waals surface area contributed by atoms with Gasteiger partial charge in [0.05, 0.1) is 26.8 Å². The first-order valence-electron chi connectivity index (χ1n) is 6.45. The Morgan fingerprint density at radius 3 is 2.30 bits per heavy atom. The van der Waals surface area contributed by atoms with Gasteiger partial charge in [-0.05, 0) is 12.8 Å². The van der Waals surface area contributed by atoms with E-state index in [1.807, 2.05) is 0 Å². The molecule has 1 aromatic heterocycles. The topological polar surface area (TPSA) is 96.2 Å². The fraction of sp³-hybridized carbons (Fsp3) is 0.667. The Balaban J connectivity index is 1.95. The fourth-order valence-corrected chi connectivity index (χ4v) is 2.10. The zero-order chi connectivity index (χ0) is 14.4. The Labute approximate surface area is 117 Å². The first kappa shape index (κ1) is 14.3. The number of likely N-dealkylation sites (tertiary alicyclic amines) is 1. The van der Waals surface area contributed by atoms with Crippen molar-refractivity contribution < 1.29 is 9.47 Å². The van der Waals surface area contributed by atoms with Gasteiger partial charge in [0.2, 0.25) is 5.95 Å². The standard InChI is InChI=1S/C12H18N6O2/c1-19-11-15-10(16-12(17-11)20-2)14-9-3-6-18(7-4-9)8-5-13/h9H,3-4,6-8H2,1-2H3,(H,14,15,16,17). The number of nitrogens with one attached hydrogen (secondary N) is 1. The molecule has 0 radical (unpaired) electrons. The van der Waals surface area contributed by atoms with Gasteiger partial charge in [-0.15, -0.1) is 4.98 Å². The summed E-state index contributed by atoms with van der Waals surface area (Å²) in [7, 11) is 3.00. The van der Waals surface area contributed by atoms with Crippen molar-refractivity contribution in [3.63, 3.8) is 0 Å². The van der Waals surface area contributed by atoms with E-state index in [0.29, 0.717) is 12.5 Å². The maximum atomic E-state index is 8.67. The molecule has 0 unspecified atom stereocenters. The van der Waals surface area contributed by atoms with Crippen LogP contribution in [0.5, 0.6) is 12.0 Å². The molecule has 0 bridgehead atoms. The molecule has 0 atom stereocenters. The van der Waals surface area contributed by atoms with E-state index >= 15 is 0 Å². The highest BCUT2D eigenvalue weighted by Crippen LogP contribution is 2.17. The van der Waals surface area contributed by atoms with Gasteiger partial charge in [-0.2, -0.15) is 15.2 Å². The normalized spacial score (nSPS) is 16.4. The Morgan fingerprint density at radius 2 is 1.80 bits per heavy atom. The second-order valence-electron chi connectivity index (χ2n) is 4.49. The molecule has 0 aromatic carbocycles. The second-order valence-corrected chi connectivity index (χ2v) is 4.49. The molecule has 1 saturated heterocycles. The number of ether oxygens (including phenoxy) is 2. The molecule has 1 aliphatic heterocycles.